The normalized spacial score (nSPS) is 13.9. The second-order valence-electron chi connectivity index (χ2n) is 7.12. The van der Waals surface area contributed by atoms with Crippen LogP contribution in [0.3, 0.4) is 0 Å². The lowest BCUT2D eigenvalue weighted by molar-refractivity contribution is -0.117. The number of amides is 3. The van der Waals surface area contributed by atoms with Gasteiger partial charge < -0.3 is 25.4 Å². The summed E-state index contributed by atoms with van der Waals surface area (Å²) >= 11 is 0. The SMILES string of the molecule is COc1ccc(CNC(=O)N[C@@H](C)c2ccc(NC(=O)C3CC3)cc2)cc1OC. The minimum atomic E-state index is -0.265. The molecular formula is C22H27N3O4. The maximum absolute atomic E-state index is 12.2. The van der Waals surface area contributed by atoms with Crippen LogP contribution in [0.5, 0.6) is 11.5 Å². The van der Waals surface area contributed by atoms with E-state index in [1.54, 1.807) is 20.3 Å². The molecule has 1 saturated carbocycles. The molecule has 29 heavy (non-hydrogen) atoms. The van der Waals surface area contributed by atoms with Crippen LogP contribution in [0.15, 0.2) is 42.5 Å². The predicted molar refractivity (Wildman–Crippen MR) is 111 cm³/mol. The Kier molecular flexibility index (Phi) is 6.59. The third-order valence-electron chi connectivity index (χ3n) is 4.87. The van der Waals surface area contributed by atoms with E-state index in [4.69, 9.17) is 9.47 Å². The van der Waals surface area contributed by atoms with E-state index in [1.165, 1.54) is 0 Å². The Hall–Kier alpha value is -3.22. The molecule has 0 spiro atoms. The Bertz CT molecular complexity index is 863. The molecule has 7 nitrogen and oxygen atoms in total. The standard InChI is InChI=1S/C22H27N3O4/c1-14(16-7-9-18(10-8-16)25-21(26)17-5-6-17)24-22(27)23-13-15-4-11-19(28-2)20(12-15)29-3/h4,7-12,14,17H,5-6,13H2,1-3H3,(H,25,26)(H2,23,24,27)/t14-/m0/s1. The molecule has 0 heterocycles. The summed E-state index contributed by atoms with van der Waals surface area (Å²) in [4.78, 5) is 24.0. The maximum Gasteiger partial charge on any atom is 0.315 e. The fourth-order valence-corrected chi connectivity index (χ4v) is 2.95. The van der Waals surface area contributed by atoms with Crippen LogP contribution in [-0.4, -0.2) is 26.2 Å². The molecule has 3 N–H and O–H groups in total. The fraction of sp³-hybridized carbons (Fsp3) is 0.364. The van der Waals surface area contributed by atoms with E-state index in [0.717, 1.165) is 29.7 Å². The smallest absolute Gasteiger partial charge is 0.315 e. The van der Waals surface area contributed by atoms with Gasteiger partial charge in [0.1, 0.15) is 0 Å². The lowest BCUT2D eigenvalue weighted by Gasteiger charge is -2.16. The Balaban J connectivity index is 1.49. The van der Waals surface area contributed by atoms with Crippen molar-refractivity contribution in [2.24, 2.45) is 5.92 Å². The summed E-state index contributed by atoms with van der Waals surface area (Å²) in [5.41, 5.74) is 2.63. The number of hydrogen-bond acceptors (Lipinski definition) is 4. The molecule has 0 aliphatic heterocycles. The van der Waals surface area contributed by atoms with E-state index in [2.05, 4.69) is 16.0 Å². The van der Waals surface area contributed by atoms with Crippen LogP contribution >= 0.6 is 0 Å². The average molecular weight is 397 g/mol. The van der Waals surface area contributed by atoms with E-state index in [1.807, 2.05) is 43.3 Å². The quantitative estimate of drug-likeness (QED) is 0.635. The molecule has 2 aromatic carbocycles. The Morgan fingerprint density at radius 3 is 2.34 bits per heavy atom. The number of carbonyl (C=O) groups excluding carboxylic acids is 2. The lowest BCUT2D eigenvalue weighted by atomic mass is 10.1. The molecule has 2 aromatic rings. The Morgan fingerprint density at radius 2 is 1.72 bits per heavy atom. The van der Waals surface area contributed by atoms with Gasteiger partial charge in [-0.3, -0.25) is 4.79 Å². The van der Waals surface area contributed by atoms with E-state index in [0.29, 0.717) is 18.0 Å². The van der Waals surface area contributed by atoms with E-state index in [-0.39, 0.29) is 23.9 Å². The third kappa shape index (κ3) is 5.63. The fourth-order valence-electron chi connectivity index (χ4n) is 2.95. The van der Waals surface area contributed by atoms with Crippen molar-refractivity contribution in [2.45, 2.75) is 32.4 Å². The zero-order chi connectivity index (χ0) is 20.8. The highest BCUT2D eigenvalue weighted by Crippen LogP contribution is 2.30. The van der Waals surface area contributed by atoms with Crippen LogP contribution in [0.25, 0.3) is 0 Å². The molecule has 1 aliphatic carbocycles. The summed E-state index contributed by atoms with van der Waals surface area (Å²) in [6, 6.07) is 12.6. The molecule has 7 heteroatoms. The number of methoxy groups -OCH3 is 2. The van der Waals surface area contributed by atoms with Gasteiger partial charge in [0.05, 0.1) is 20.3 Å². The van der Waals surface area contributed by atoms with Gasteiger partial charge in [-0.1, -0.05) is 18.2 Å². The molecule has 0 aromatic heterocycles. The molecule has 1 aliphatic rings. The van der Waals surface area contributed by atoms with E-state index >= 15 is 0 Å². The molecule has 154 valence electrons. The highest BCUT2D eigenvalue weighted by atomic mass is 16.5. The maximum atomic E-state index is 12.2. The van der Waals surface area contributed by atoms with Crippen LogP contribution in [0.4, 0.5) is 10.5 Å². The second kappa shape index (κ2) is 9.32. The molecule has 0 saturated heterocycles. The van der Waals surface area contributed by atoms with Gasteiger partial charge in [0.25, 0.3) is 0 Å². The predicted octanol–water partition coefficient (Wildman–Crippen LogP) is 3.61. The molecule has 3 rings (SSSR count). The first kappa shape index (κ1) is 20.5. The lowest BCUT2D eigenvalue weighted by Crippen LogP contribution is -2.36. The minimum absolute atomic E-state index is 0.0819. The van der Waals surface area contributed by atoms with Gasteiger partial charge in [0.15, 0.2) is 11.5 Å². The largest absolute Gasteiger partial charge is 0.493 e. The number of nitrogens with one attached hydrogen (secondary N) is 3. The van der Waals surface area contributed by atoms with Crippen molar-refractivity contribution in [2.75, 3.05) is 19.5 Å². The molecule has 0 radical (unpaired) electrons. The summed E-state index contributed by atoms with van der Waals surface area (Å²) in [5.74, 6) is 1.52. The van der Waals surface area contributed by atoms with Crippen molar-refractivity contribution in [3.63, 3.8) is 0 Å². The van der Waals surface area contributed by atoms with E-state index < -0.39 is 0 Å². The van der Waals surface area contributed by atoms with Crippen LogP contribution in [-0.2, 0) is 11.3 Å². The molecular weight excluding hydrogens is 370 g/mol. The average Bonchev–Trinajstić information content (AvgIpc) is 3.58. The third-order valence-corrected chi connectivity index (χ3v) is 4.87. The van der Waals surface area contributed by atoms with Gasteiger partial charge >= 0.3 is 6.03 Å². The number of hydrogen-bond donors (Lipinski definition) is 3. The van der Waals surface area contributed by atoms with Gasteiger partial charge in [-0.15, -0.1) is 0 Å². The van der Waals surface area contributed by atoms with Crippen LogP contribution in [0.1, 0.15) is 36.9 Å². The van der Waals surface area contributed by atoms with Crippen molar-refractivity contribution in [3.8, 4) is 11.5 Å². The molecule has 0 unspecified atom stereocenters. The number of ether oxygens (including phenoxy) is 2. The highest BCUT2D eigenvalue weighted by molar-refractivity contribution is 5.94. The summed E-state index contributed by atoms with van der Waals surface area (Å²) in [7, 11) is 3.16. The number of urea groups is 1. The Labute approximate surface area is 170 Å². The first-order chi connectivity index (χ1) is 14.0. The molecule has 1 atom stereocenters. The number of benzene rings is 2. The summed E-state index contributed by atoms with van der Waals surface area (Å²) in [6.07, 6.45) is 1.95. The van der Waals surface area contributed by atoms with Crippen molar-refractivity contribution in [1.29, 1.82) is 0 Å². The van der Waals surface area contributed by atoms with Gasteiger partial charge in [-0.25, -0.2) is 4.79 Å². The van der Waals surface area contributed by atoms with Crippen molar-refractivity contribution in [1.82, 2.24) is 10.6 Å². The highest BCUT2D eigenvalue weighted by Gasteiger charge is 2.29. The first-order valence-corrected chi connectivity index (χ1v) is 9.66. The second-order valence-corrected chi connectivity index (χ2v) is 7.12. The zero-order valence-corrected chi connectivity index (χ0v) is 17.0. The topological polar surface area (TPSA) is 88.7 Å². The summed E-state index contributed by atoms with van der Waals surface area (Å²) in [6.45, 7) is 2.28. The van der Waals surface area contributed by atoms with Gasteiger partial charge in [-0.2, -0.15) is 0 Å². The van der Waals surface area contributed by atoms with Gasteiger partial charge in [-0.05, 0) is 55.2 Å². The van der Waals surface area contributed by atoms with Crippen molar-refractivity contribution in [3.05, 3.63) is 53.6 Å². The zero-order valence-electron chi connectivity index (χ0n) is 17.0. The molecule has 3 amide bonds. The molecule has 1 fully saturated rings. The van der Waals surface area contributed by atoms with Crippen molar-refractivity contribution >= 4 is 17.6 Å². The van der Waals surface area contributed by atoms with Crippen LogP contribution in [0, 0.1) is 5.92 Å². The summed E-state index contributed by atoms with van der Waals surface area (Å²) < 4.78 is 10.5. The molecule has 0 bridgehead atoms. The number of carbonyl (C=O) groups is 2. The van der Waals surface area contributed by atoms with Gasteiger partial charge in [0.2, 0.25) is 5.91 Å². The first-order valence-electron chi connectivity index (χ1n) is 9.66. The number of anilines is 1. The van der Waals surface area contributed by atoms with Crippen LogP contribution < -0.4 is 25.4 Å². The van der Waals surface area contributed by atoms with Crippen molar-refractivity contribution < 1.29 is 19.1 Å². The monoisotopic (exact) mass is 397 g/mol. The number of rotatable bonds is 8. The van der Waals surface area contributed by atoms with E-state index in [9.17, 15) is 9.59 Å². The minimum Gasteiger partial charge on any atom is -0.493 e. The van der Waals surface area contributed by atoms with Gasteiger partial charge in [0, 0.05) is 18.2 Å². The summed E-state index contributed by atoms with van der Waals surface area (Å²) in [5, 5.41) is 8.66. The Morgan fingerprint density at radius 1 is 1.03 bits per heavy atom. The van der Waals surface area contributed by atoms with Crippen LogP contribution in [0.2, 0.25) is 0 Å².